The molecule has 6 heteroatoms. The van der Waals surface area contributed by atoms with Crippen LogP contribution in [0.3, 0.4) is 0 Å². The van der Waals surface area contributed by atoms with Crippen molar-refractivity contribution in [2.45, 2.75) is 187 Å². The van der Waals surface area contributed by atoms with Crippen LogP contribution in [0.5, 0.6) is 0 Å². The van der Waals surface area contributed by atoms with Gasteiger partial charge in [0.05, 0.1) is 6.61 Å². The van der Waals surface area contributed by atoms with Crippen LogP contribution in [0, 0.1) is 5.92 Å². The Bertz CT molecular complexity index is 595. The van der Waals surface area contributed by atoms with E-state index in [9.17, 15) is 13.0 Å². The van der Waals surface area contributed by atoms with Gasteiger partial charge in [-0.2, -0.15) is 0 Å². The number of allylic oxidation sites excluding steroid dienone is 1. The van der Waals surface area contributed by atoms with Crippen molar-refractivity contribution >= 4 is 10.4 Å². The quantitative estimate of drug-likeness (QED) is 0.0272. The summed E-state index contributed by atoms with van der Waals surface area (Å²) >= 11 is 0. The molecule has 0 rings (SSSR count). The maximum Gasteiger partial charge on any atom is 1.00 e. The van der Waals surface area contributed by atoms with Gasteiger partial charge in [-0.15, -0.1) is 0 Å². The number of hydrogen-bond donors (Lipinski definition) is 0. The molecular formula is C33H65NaO4S. The first kappa shape index (κ1) is 41.7. The van der Waals surface area contributed by atoms with Crippen molar-refractivity contribution in [1.29, 1.82) is 0 Å². The van der Waals surface area contributed by atoms with Crippen molar-refractivity contribution < 1.29 is 46.7 Å². The molecule has 0 saturated carbocycles. The van der Waals surface area contributed by atoms with Crippen LogP contribution in [-0.2, 0) is 14.6 Å². The summed E-state index contributed by atoms with van der Waals surface area (Å²) in [4.78, 5) is 0. The Balaban J connectivity index is 0. The first-order chi connectivity index (χ1) is 18.5. The third kappa shape index (κ3) is 36.6. The first-order valence-corrected chi connectivity index (χ1v) is 18.1. The molecular weight excluding hydrogens is 515 g/mol. The molecule has 0 aromatic carbocycles. The average Bonchev–Trinajstić information content (AvgIpc) is 2.89. The maximum absolute atomic E-state index is 10.9. The van der Waals surface area contributed by atoms with Crippen LogP contribution in [0.25, 0.3) is 0 Å². The fourth-order valence-electron chi connectivity index (χ4n) is 5.22. The van der Waals surface area contributed by atoms with Crippen molar-refractivity contribution in [2.24, 2.45) is 5.92 Å². The van der Waals surface area contributed by atoms with Crippen LogP contribution in [-0.4, -0.2) is 19.6 Å². The summed E-state index contributed by atoms with van der Waals surface area (Å²) in [5, 5.41) is 0. The Labute approximate surface area is 267 Å². The largest absolute Gasteiger partial charge is 1.00 e. The zero-order chi connectivity index (χ0) is 28.0. The zero-order valence-corrected chi connectivity index (χ0v) is 29.4. The van der Waals surface area contributed by atoms with Gasteiger partial charge in [0.2, 0.25) is 10.4 Å². The van der Waals surface area contributed by atoms with Gasteiger partial charge in [-0.1, -0.05) is 180 Å². The molecule has 0 fully saturated rings. The van der Waals surface area contributed by atoms with Crippen molar-refractivity contribution in [3.05, 3.63) is 12.2 Å². The number of hydrogen-bond acceptors (Lipinski definition) is 4. The second-order valence-electron chi connectivity index (χ2n) is 11.6. The molecule has 0 N–H and O–H groups in total. The van der Waals surface area contributed by atoms with Gasteiger partial charge in [0.15, 0.2) is 0 Å². The van der Waals surface area contributed by atoms with Crippen LogP contribution in [0.2, 0.25) is 0 Å². The molecule has 0 amide bonds. The van der Waals surface area contributed by atoms with Gasteiger partial charge in [0.25, 0.3) is 0 Å². The van der Waals surface area contributed by atoms with E-state index in [1.807, 2.05) is 0 Å². The van der Waals surface area contributed by atoms with Crippen molar-refractivity contribution in [2.75, 3.05) is 6.61 Å². The average molecular weight is 581 g/mol. The minimum absolute atomic E-state index is 0. The van der Waals surface area contributed by atoms with E-state index < -0.39 is 10.4 Å². The summed E-state index contributed by atoms with van der Waals surface area (Å²) in [7, 11) is -4.62. The van der Waals surface area contributed by atoms with E-state index in [0.717, 1.165) is 19.3 Å². The molecule has 0 radical (unpaired) electrons. The normalized spacial score (nSPS) is 12.7. The Morgan fingerprint density at radius 2 is 0.897 bits per heavy atom. The summed E-state index contributed by atoms with van der Waals surface area (Å²) in [5.74, 6) is 0.0175. The molecule has 228 valence electrons. The molecule has 4 nitrogen and oxygen atoms in total. The summed E-state index contributed by atoms with van der Waals surface area (Å²) in [5.41, 5.74) is 0. The standard InChI is InChI=1S/C33H66O4S.Na/c1-3-5-7-9-11-13-15-16-17-18-19-21-23-25-27-29-31-33(32-37-38(34,35)36)30-28-26-24-22-20-14-12-10-8-6-4-2;/h29,31,33H,3-28,30,32H2,1-2H3,(H,34,35,36);/q;+1/p-1/b31-29+;. The molecule has 0 aliphatic carbocycles. The van der Waals surface area contributed by atoms with Crippen LogP contribution in [0.1, 0.15) is 187 Å². The molecule has 0 spiro atoms. The Morgan fingerprint density at radius 3 is 1.26 bits per heavy atom. The fraction of sp³-hybridized carbons (Fsp3) is 0.939. The van der Waals surface area contributed by atoms with Gasteiger partial charge < -0.3 is 4.55 Å². The summed E-state index contributed by atoms with van der Waals surface area (Å²) in [6.45, 7) is 4.52. The van der Waals surface area contributed by atoms with E-state index in [1.165, 1.54) is 154 Å². The molecule has 0 heterocycles. The molecule has 0 aromatic rings. The molecule has 0 bridgehead atoms. The third-order valence-corrected chi connectivity index (χ3v) is 8.16. The van der Waals surface area contributed by atoms with Crippen LogP contribution in [0.15, 0.2) is 12.2 Å². The van der Waals surface area contributed by atoms with E-state index >= 15 is 0 Å². The minimum Gasteiger partial charge on any atom is -0.726 e. The second-order valence-corrected chi connectivity index (χ2v) is 12.6. The Hall–Kier alpha value is 0.610. The van der Waals surface area contributed by atoms with Crippen LogP contribution < -0.4 is 29.6 Å². The number of rotatable bonds is 31. The molecule has 1 atom stereocenters. The summed E-state index contributed by atoms with van der Waals surface area (Å²) in [6, 6.07) is 0. The second kappa shape index (κ2) is 33.1. The van der Waals surface area contributed by atoms with Gasteiger partial charge >= 0.3 is 29.6 Å². The van der Waals surface area contributed by atoms with Gasteiger partial charge in [0, 0.05) is 5.92 Å². The van der Waals surface area contributed by atoms with Gasteiger partial charge in [-0.05, 0) is 19.3 Å². The smallest absolute Gasteiger partial charge is 0.726 e. The predicted octanol–water partition coefficient (Wildman–Crippen LogP) is 8.21. The molecule has 0 aliphatic rings. The summed E-state index contributed by atoms with van der Waals surface area (Å²) in [6.07, 6.45) is 39.5. The molecule has 39 heavy (non-hydrogen) atoms. The Morgan fingerprint density at radius 1 is 0.564 bits per heavy atom. The maximum atomic E-state index is 10.9. The van der Waals surface area contributed by atoms with E-state index in [4.69, 9.17) is 0 Å². The zero-order valence-electron chi connectivity index (χ0n) is 26.6. The topological polar surface area (TPSA) is 66.4 Å². The minimum atomic E-state index is -4.62. The van der Waals surface area contributed by atoms with Crippen LogP contribution >= 0.6 is 0 Å². The van der Waals surface area contributed by atoms with Gasteiger partial charge in [-0.25, -0.2) is 8.42 Å². The van der Waals surface area contributed by atoms with E-state index in [2.05, 4.69) is 30.2 Å². The van der Waals surface area contributed by atoms with Crippen molar-refractivity contribution in [1.82, 2.24) is 0 Å². The first-order valence-electron chi connectivity index (χ1n) is 16.8. The fourth-order valence-corrected chi connectivity index (χ4v) is 5.56. The predicted molar refractivity (Wildman–Crippen MR) is 164 cm³/mol. The monoisotopic (exact) mass is 580 g/mol. The molecule has 0 aliphatic heterocycles. The number of unbranched alkanes of at least 4 members (excludes halogenated alkanes) is 24. The van der Waals surface area contributed by atoms with E-state index in [0.29, 0.717) is 0 Å². The Kier molecular flexibility index (Phi) is 35.4. The van der Waals surface area contributed by atoms with Gasteiger partial charge in [-0.3, -0.25) is 4.18 Å². The molecule has 0 aromatic heterocycles. The van der Waals surface area contributed by atoms with E-state index in [-0.39, 0.29) is 42.1 Å². The van der Waals surface area contributed by atoms with Crippen LogP contribution in [0.4, 0.5) is 0 Å². The SMILES string of the molecule is CCCCCCCCCCCCCCCC/C=C/C(CCCCCCCCCCCCC)COS(=O)(=O)[O-].[Na+]. The van der Waals surface area contributed by atoms with Crippen molar-refractivity contribution in [3.63, 3.8) is 0 Å². The summed E-state index contributed by atoms with van der Waals surface area (Å²) < 4.78 is 37.3. The van der Waals surface area contributed by atoms with Gasteiger partial charge in [0.1, 0.15) is 0 Å². The molecule has 1 unspecified atom stereocenters. The third-order valence-electron chi connectivity index (χ3n) is 7.74. The van der Waals surface area contributed by atoms with E-state index in [1.54, 1.807) is 0 Å². The molecule has 0 saturated heterocycles. The van der Waals surface area contributed by atoms with Crippen molar-refractivity contribution in [3.8, 4) is 0 Å².